The number of aryl methyl sites for hydroxylation is 4. The lowest BCUT2D eigenvalue weighted by Gasteiger charge is -2.07. The Morgan fingerprint density at radius 1 is 0.857 bits per heavy atom. The Balaban J connectivity index is 0.000000383. The van der Waals surface area contributed by atoms with Crippen molar-refractivity contribution in [2.24, 2.45) is 0 Å². The number of benzene rings is 2. The molecule has 0 amide bonds. The van der Waals surface area contributed by atoms with E-state index >= 15 is 0 Å². The standard InChI is InChI=1S/C16H18.C4H8O/c1-13-7-3-5-9-15(13)11-12-16-10-6-4-8-14(16)2;1-4(2)3-5/h3-10H,11-12H2,1-2H3;5H,1,3H2,2H3. The van der Waals surface area contributed by atoms with Gasteiger partial charge in [0.15, 0.2) is 0 Å². The first-order chi connectivity index (χ1) is 10.0. The molecule has 0 aliphatic carbocycles. The maximum Gasteiger partial charge on any atom is 0.0636 e. The summed E-state index contributed by atoms with van der Waals surface area (Å²) in [6.45, 7) is 9.69. The zero-order valence-electron chi connectivity index (χ0n) is 13.4. The highest BCUT2D eigenvalue weighted by Gasteiger charge is 2.00. The Kier molecular flexibility index (Phi) is 7.49. The van der Waals surface area contributed by atoms with Crippen LogP contribution in [0.3, 0.4) is 0 Å². The number of aliphatic hydroxyl groups is 1. The molecule has 2 rings (SSSR count). The van der Waals surface area contributed by atoms with E-state index in [0.717, 1.165) is 18.4 Å². The molecule has 0 aliphatic rings. The monoisotopic (exact) mass is 282 g/mol. The molecule has 112 valence electrons. The highest BCUT2D eigenvalue weighted by molar-refractivity contribution is 5.30. The van der Waals surface area contributed by atoms with Crippen LogP contribution in [0.5, 0.6) is 0 Å². The first-order valence-electron chi connectivity index (χ1n) is 7.39. The maximum absolute atomic E-state index is 8.04. The highest BCUT2D eigenvalue weighted by Crippen LogP contribution is 2.13. The van der Waals surface area contributed by atoms with E-state index in [0.29, 0.717) is 0 Å². The molecule has 0 bridgehead atoms. The van der Waals surface area contributed by atoms with Gasteiger partial charge < -0.3 is 5.11 Å². The van der Waals surface area contributed by atoms with Gasteiger partial charge in [0.25, 0.3) is 0 Å². The predicted molar refractivity (Wildman–Crippen MR) is 91.7 cm³/mol. The zero-order valence-corrected chi connectivity index (χ0v) is 13.4. The van der Waals surface area contributed by atoms with Gasteiger partial charge >= 0.3 is 0 Å². The minimum absolute atomic E-state index is 0.111. The van der Waals surface area contributed by atoms with Gasteiger partial charge in [-0.3, -0.25) is 0 Å². The summed E-state index contributed by atoms with van der Waals surface area (Å²) in [6.07, 6.45) is 2.27. The lowest BCUT2D eigenvalue weighted by molar-refractivity contribution is 0.332. The molecule has 2 aromatic rings. The SMILES string of the molecule is C=C(C)CO.Cc1ccccc1CCc1ccccc1C. The molecule has 1 nitrogen and oxygen atoms in total. The van der Waals surface area contributed by atoms with E-state index in [-0.39, 0.29) is 6.61 Å². The number of rotatable bonds is 4. The smallest absolute Gasteiger partial charge is 0.0636 e. The summed E-state index contributed by atoms with van der Waals surface area (Å²) < 4.78 is 0. The van der Waals surface area contributed by atoms with Crippen molar-refractivity contribution < 1.29 is 5.11 Å². The van der Waals surface area contributed by atoms with E-state index in [1.165, 1.54) is 22.3 Å². The molecule has 1 heteroatoms. The van der Waals surface area contributed by atoms with Crippen molar-refractivity contribution in [3.63, 3.8) is 0 Å². The molecule has 0 radical (unpaired) electrons. The summed E-state index contributed by atoms with van der Waals surface area (Å²) in [5.41, 5.74) is 6.54. The van der Waals surface area contributed by atoms with Crippen LogP contribution in [0.25, 0.3) is 0 Å². The van der Waals surface area contributed by atoms with Crippen molar-refractivity contribution in [1.29, 1.82) is 0 Å². The van der Waals surface area contributed by atoms with Crippen molar-refractivity contribution in [3.8, 4) is 0 Å². The van der Waals surface area contributed by atoms with Gasteiger partial charge in [0, 0.05) is 0 Å². The number of hydrogen-bond donors (Lipinski definition) is 1. The van der Waals surface area contributed by atoms with Crippen LogP contribution < -0.4 is 0 Å². The van der Waals surface area contributed by atoms with Crippen LogP contribution in [0.1, 0.15) is 29.2 Å². The van der Waals surface area contributed by atoms with Gasteiger partial charge in [-0.15, -0.1) is 0 Å². The quantitative estimate of drug-likeness (QED) is 0.810. The summed E-state index contributed by atoms with van der Waals surface area (Å²) in [4.78, 5) is 0. The Labute approximate surface area is 129 Å². The summed E-state index contributed by atoms with van der Waals surface area (Å²) in [5.74, 6) is 0. The van der Waals surface area contributed by atoms with Crippen LogP contribution in [0.15, 0.2) is 60.7 Å². The summed E-state index contributed by atoms with van der Waals surface area (Å²) >= 11 is 0. The van der Waals surface area contributed by atoms with E-state index in [1.807, 2.05) is 0 Å². The van der Waals surface area contributed by atoms with Crippen molar-refractivity contribution in [2.45, 2.75) is 33.6 Å². The lowest BCUT2D eigenvalue weighted by atomic mass is 9.98. The van der Waals surface area contributed by atoms with Crippen molar-refractivity contribution in [1.82, 2.24) is 0 Å². The molecular weight excluding hydrogens is 256 g/mol. The van der Waals surface area contributed by atoms with Crippen LogP contribution in [0, 0.1) is 13.8 Å². The third-order valence-corrected chi connectivity index (χ3v) is 3.46. The predicted octanol–water partition coefficient (Wildman–Crippen LogP) is 4.64. The van der Waals surface area contributed by atoms with Crippen molar-refractivity contribution in [2.75, 3.05) is 6.61 Å². The first-order valence-corrected chi connectivity index (χ1v) is 7.39. The van der Waals surface area contributed by atoms with Gasteiger partial charge in [-0.1, -0.05) is 60.7 Å². The highest BCUT2D eigenvalue weighted by atomic mass is 16.3. The second-order valence-corrected chi connectivity index (χ2v) is 5.47. The fourth-order valence-corrected chi connectivity index (χ4v) is 2.05. The minimum Gasteiger partial charge on any atom is -0.392 e. The summed E-state index contributed by atoms with van der Waals surface area (Å²) in [6, 6.07) is 17.3. The molecule has 21 heavy (non-hydrogen) atoms. The fraction of sp³-hybridized carbons (Fsp3) is 0.300. The van der Waals surface area contributed by atoms with Crippen LogP contribution in [-0.2, 0) is 12.8 Å². The van der Waals surface area contributed by atoms with E-state index in [2.05, 4.69) is 69.0 Å². The molecule has 0 spiro atoms. The van der Waals surface area contributed by atoms with Crippen LogP contribution in [0.4, 0.5) is 0 Å². The molecule has 0 saturated carbocycles. The molecule has 1 N–H and O–H groups in total. The average molecular weight is 282 g/mol. The van der Waals surface area contributed by atoms with Crippen molar-refractivity contribution in [3.05, 3.63) is 82.9 Å². The topological polar surface area (TPSA) is 20.2 Å². The third kappa shape index (κ3) is 6.42. The number of hydrogen-bond acceptors (Lipinski definition) is 1. The Bertz CT molecular complexity index is 524. The molecule has 0 aromatic heterocycles. The maximum atomic E-state index is 8.04. The summed E-state index contributed by atoms with van der Waals surface area (Å²) in [7, 11) is 0. The molecule has 0 heterocycles. The van der Waals surface area contributed by atoms with Gasteiger partial charge in [-0.05, 0) is 55.9 Å². The van der Waals surface area contributed by atoms with E-state index in [4.69, 9.17) is 5.11 Å². The fourth-order valence-electron chi connectivity index (χ4n) is 2.05. The van der Waals surface area contributed by atoms with Crippen LogP contribution in [-0.4, -0.2) is 11.7 Å². The molecule has 0 atom stereocenters. The summed E-state index contributed by atoms with van der Waals surface area (Å²) in [5, 5.41) is 8.04. The van der Waals surface area contributed by atoms with E-state index < -0.39 is 0 Å². The van der Waals surface area contributed by atoms with E-state index in [9.17, 15) is 0 Å². The van der Waals surface area contributed by atoms with Gasteiger partial charge in [-0.2, -0.15) is 0 Å². The first kappa shape index (κ1) is 17.2. The van der Waals surface area contributed by atoms with E-state index in [1.54, 1.807) is 6.92 Å². The third-order valence-electron chi connectivity index (χ3n) is 3.46. The van der Waals surface area contributed by atoms with Gasteiger partial charge in [0.1, 0.15) is 0 Å². The van der Waals surface area contributed by atoms with Crippen LogP contribution in [0.2, 0.25) is 0 Å². The molecular formula is C20H26O. The van der Waals surface area contributed by atoms with Gasteiger partial charge in [-0.25, -0.2) is 0 Å². The van der Waals surface area contributed by atoms with Crippen molar-refractivity contribution >= 4 is 0 Å². The van der Waals surface area contributed by atoms with Gasteiger partial charge in [0.05, 0.1) is 6.61 Å². The molecule has 0 fully saturated rings. The average Bonchev–Trinajstić information content (AvgIpc) is 2.48. The Morgan fingerprint density at radius 2 is 1.19 bits per heavy atom. The number of aliphatic hydroxyl groups excluding tert-OH is 1. The molecule has 0 saturated heterocycles. The molecule has 2 aromatic carbocycles. The Hall–Kier alpha value is -1.86. The molecule has 0 aliphatic heterocycles. The Morgan fingerprint density at radius 3 is 1.48 bits per heavy atom. The van der Waals surface area contributed by atoms with Crippen LogP contribution >= 0.6 is 0 Å². The molecule has 0 unspecified atom stereocenters. The lowest BCUT2D eigenvalue weighted by Crippen LogP contribution is -1.95. The largest absolute Gasteiger partial charge is 0.392 e. The van der Waals surface area contributed by atoms with Gasteiger partial charge in [0.2, 0.25) is 0 Å². The second kappa shape index (κ2) is 9.15. The zero-order chi connectivity index (χ0) is 15.7. The second-order valence-electron chi connectivity index (χ2n) is 5.47. The normalized spacial score (nSPS) is 9.71. The minimum atomic E-state index is 0.111.